The fourth-order valence-electron chi connectivity index (χ4n) is 6.55. The minimum atomic E-state index is 1.31. The number of hydrogen-bond donors (Lipinski definition) is 0. The Morgan fingerprint density at radius 3 is 1.56 bits per heavy atom. The lowest BCUT2D eigenvalue weighted by atomic mass is 9.82. The number of benzene rings is 9. The molecule has 0 heteroatoms. The lowest BCUT2D eigenvalue weighted by Crippen LogP contribution is -1.92. The van der Waals surface area contributed by atoms with Crippen LogP contribution in [0.25, 0.3) is 86.2 Å². The molecule has 0 nitrogen and oxygen atoms in total. The first kappa shape index (κ1) is 15.6. The summed E-state index contributed by atoms with van der Waals surface area (Å²) in [6, 6.07) is 36.8. The van der Waals surface area contributed by atoms with E-state index in [0.717, 1.165) is 0 Å². The third kappa shape index (κ3) is 1.63. The zero-order valence-corrected chi connectivity index (χ0v) is 17.2. The van der Waals surface area contributed by atoms with E-state index >= 15 is 0 Å². The van der Waals surface area contributed by atoms with Crippen LogP contribution in [0.2, 0.25) is 0 Å². The van der Waals surface area contributed by atoms with Gasteiger partial charge in [-0.3, -0.25) is 0 Å². The lowest BCUT2D eigenvalue weighted by Gasteiger charge is -2.20. The number of fused-ring (bicyclic) bond motifs is 2. The summed E-state index contributed by atoms with van der Waals surface area (Å²) in [5.41, 5.74) is 0. The highest BCUT2D eigenvalue weighted by Gasteiger charge is 2.20. The molecule has 0 radical (unpaired) electrons. The summed E-state index contributed by atoms with van der Waals surface area (Å²) in [5.74, 6) is 0. The van der Waals surface area contributed by atoms with E-state index in [9.17, 15) is 0 Å². The molecule has 9 rings (SSSR count). The van der Waals surface area contributed by atoms with Crippen molar-refractivity contribution < 1.29 is 0 Å². The quantitative estimate of drug-likeness (QED) is 0.176. The monoisotopic (exact) mass is 400 g/mol. The number of hydrogen-bond acceptors (Lipinski definition) is 0. The van der Waals surface area contributed by atoms with E-state index < -0.39 is 0 Å². The minimum absolute atomic E-state index is 1.31. The summed E-state index contributed by atoms with van der Waals surface area (Å²) in [4.78, 5) is 0. The minimum Gasteiger partial charge on any atom is -0.0616 e. The average molecular weight is 400 g/mol. The van der Waals surface area contributed by atoms with Gasteiger partial charge in [0, 0.05) is 0 Å². The molecule has 0 N–H and O–H groups in total. The van der Waals surface area contributed by atoms with Gasteiger partial charge in [-0.1, -0.05) is 66.7 Å². The molecule has 9 aromatic rings. The molecule has 0 saturated heterocycles. The first-order chi connectivity index (χ1) is 15.8. The standard InChI is InChI=1S/C32H16/c1-2-7-25-18(4-1)12-20-10-11-22-14-23-13-19-6-3-5-17-8-9-21-15-24-16-26(25)28(20)30(22)32(24)31(23)29(21)27(17)19/h1-16H. The maximum atomic E-state index is 2.44. The summed E-state index contributed by atoms with van der Waals surface area (Å²) < 4.78 is 0. The molecule has 0 saturated carbocycles. The van der Waals surface area contributed by atoms with Gasteiger partial charge in [0.15, 0.2) is 0 Å². The van der Waals surface area contributed by atoms with E-state index in [2.05, 4.69) is 97.1 Å². The second-order valence-corrected chi connectivity index (χ2v) is 9.35. The Kier molecular flexibility index (Phi) is 2.44. The third-order valence-electron chi connectivity index (χ3n) is 7.77. The fourth-order valence-corrected chi connectivity index (χ4v) is 6.55. The largest absolute Gasteiger partial charge is 0.0616 e. The zero-order valence-electron chi connectivity index (χ0n) is 17.2. The molecule has 0 aliphatic rings. The summed E-state index contributed by atoms with van der Waals surface area (Å²) in [6.45, 7) is 0. The van der Waals surface area contributed by atoms with Crippen molar-refractivity contribution in [2.24, 2.45) is 0 Å². The van der Waals surface area contributed by atoms with Gasteiger partial charge >= 0.3 is 0 Å². The van der Waals surface area contributed by atoms with Crippen LogP contribution in [0.3, 0.4) is 0 Å². The summed E-state index contributed by atoms with van der Waals surface area (Å²) in [5, 5.41) is 21.9. The van der Waals surface area contributed by atoms with Gasteiger partial charge in [-0.05, 0) is 117 Å². The molecule has 0 aliphatic carbocycles. The molecular formula is C32H16. The van der Waals surface area contributed by atoms with E-state index in [1.165, 1.54) is 86.2 Å². The molecule has 32 heavy (non-hydrogen) atoms. The highest BCUT2D eigenvalue weighted by molar-refractivity contribution is 6.43. The second-order valence-electron chi connectivity index (χ2n) is 9.35. The summed E-state index contributed by atoms with van der Waals surface area (Å²) in [6.07, 6.45) is 0. The molecule has 0 bridgehead atoms. The Morgan fingerprint density at radius 2 is 0.750 bits per heavy atom. The van der Waals surface area contributed by atoms with Crippen LogP contribution in [0.5, 0.6) is 0 Å². The van der Waals surface area contributed by atoms with Gasteiger partial charge in [0.2, 0.25) is 0 Å². The van der Waals surface area contributed by atoms with Crippen molar-refractivity contribution in [1.82, 2.24) is 0 Å². The van der Waals surface area contributed by atoms with Gasteiger partial charge in [-0.15, -0.1) is 0 Å². The van der Waals surface area contributed by atoms with Crippen LogP contribution < -0.4 is 0 Å². The van der Waals surface area contributed by atoms with Crippen molar-refractivity contribution in [1.29, 1.82) is 0 Å². The topological polar surface area (TPSA) is 0 Å². The van der Waals surface area contributed by atoms with Crippen molar-refractivity contribution >= 4 is 86.2 Å². The Morgan fingerprint density at radius 1 is 0.250 bits per heavy atom. The molecule has 0 aromatic heterocycles. The van der Waals surface area contributed by atoms with Gasteiger partial charge in [0.25, 0.3) is 0 Å². The molecule has 0 heterocycles. The molecule has 0 fully saturated rings. The van der Waals surface area contributed by atoms with E-state index in [1.807, 2.05) is 0 Å². The van der Waals surface area contributed by atoms with E-state index in [0.29, 0.717) is 0 Å². The Labute approximate surface area is 183 Å². The van der Waals surface area contributed by atoms with Crippen LogP contribution in [-0.4, -0.2) is 0 Å². The molecule has 9 aromatic carbocycles. The van der Waals surface area contributed by atoms with Gasteiger partial charge in [0.05, 0.1) is 0 Å². The first-order valence-corrected chi connectivity index (χ1v) is 11.3. The lowest BCUT2D eigenvalue weighted by molar-refractivity contribution is 1.80. The van der Waals surface area contributed by atoms with Crippen molar-refractivity contribution in [3.05, 3.63) is 97.1 Å². The van der Waals surface area contributed by atoms with Crippen molar-refractivity contribution in [2.75, 3.05) is 0 Å². The molecule has 0 amide bonds. The average Bonchev–Trinajstić information content (AvgIpc) is 2.83. The predicted molar refractivity (Wildman–Crippen MR) is 140 cm³/mol. The molecule has 0 spiro atoms. The first-order valence-electron chi connectivity index (χ1n) is 11.3. The van der Waals surface area contributed by atoms with Crippen LogP contribution in [0, 0.1) is 0 Å². The molecular weight excluding hydrogens is 384 g/mol. The van der Waals surface area contributed by atoms with E-state index in [-0.39, 0.29) is 0 Å². The summed E-state index contributed by atoms with van der Waals surface area (Å²) in [7, 11) is 0. The maximum Gasteiger partial charge on any atom is -0.00134 e. The summed E-state index contributed by atoms with van der Waals surface area (Å²) >= 11 is 0. The highest BCUT2D eigenvalue weighted by Crippen LogP contribution is 2.48. The normalized spacial score (nSPS) is 13.0. The van der Waals surface area contributed by atoms with Crippen molar-refractivity contribution in [3.8, 4) is 0 Å². The van der Waals surface area contributed by atoms with Crippen LogP contribution in [0.15, 0.2) is 97.1 Å². The fraction of sp³-hybridized carbons (Fsp3) is 0. The van der Waals surface area contributed by atoms with E-state index in [4.69, 9.17) is 0 Å². The van der Waals surface area contributed by atoms with Crippen molar-refractivity contribution in [2.45, 2.75) is 0 Å². The number of rotatable bonds is 0. The van der Waals surface area contributed by atoms with Crippen LogP contribution in [0.1, 0.15) is 0 Å². The SMILES string of the molecule is c1ccc2c(c1)cc1ccc3cc4cc5cccc6ccc7cc8cc2c1c3c8c4c7c65. The Hall–Kier alpha value is -4.16. The molecule has 0 atom stereocenters. The zero-order chi connectivity index (χ0) is 20.6. The van der Waals surface area contributed by atoms with Gasteiger partial charge in [-0.25, -0.2) is 0 Å². The Balaban J connectivity index is 1.71. The second kappa shape index (κ2) is 5.00. The third-order valence-corrected chi connectivity index (χ3v) is 7.77. The predicted octanol–water partition coefficient (Wildman–Crippen LogP) is 9.23. The van der Waals surface area contributed by atoms with Crippen LogP contribution >= 0.6 is 0 Å². The van der Waals surface area contributed by atoms with E-state index in [1.54, 1.807) is 0 Å². The van der Waals surface area contributed by atoms with Crippen LogP contribution in [-0.2, 0) is 0 Å². The van der Waals surface area contributed by atoms with Gasteiger partial charge in [-0.2, -0.15) is 0 Å². The molecule has 0 unspecified atom stereocenters. The highest BCUT2D eigenvalue weighted by atomic mass is 14.2. The van der Waals surface area contributed by atoms with Crippen LogP contribution in [0.4, 0.5) is 0 Å². The smallest absolute Gasteiger partial charge is 0.00134 e. The van der Waals surface area contributed by atoms with Gasteiger partial charge < -0.3 is 0 Å². The maximum absolute atomic E-state index is 2.44. The van der Waals surface area contributed by atoms with Crippen molar-refractivity contribution in [3.63, 3.8) is 0 Å². The molecule has 144 valence electrons. The van der Waals surface area contributed by atoms with Gasteiger partial charge in [0.1, 0.15) is 0 Å². The molecule has 0 aliphatic heterocycles. The Bertz CT molecular complexity index is 2180.